The van der Waals surface area contributed by atoms with Gasteiger partial charge in [-0.05, 0) is 38.1 Å². The zero-order valence-corrected chi connectivity index (χ0v) is 18.7. The van der Waals surface area contributed by atoms with Crippen LogP contribution in [0.25, 0.3) is 16.5 Å². The monoisotopic (exact) mass is 425 g/mol. The Kier molecular flexibility index (Phi) is 6.22. The summed E-state index contributed by atoms with van der Waals surface area (Å²) in [6.45, 7) is 9.09. The highest BCUT2D eigenvalue weighted by atomic mass is 32.2. The van der Waals surface area contributed by atoms with Crippen molar-refractivity contribution >= 4 is 34.4 Å². The Morgan fingerprint density at radius 2 is 1.80 bits per heavy atom. The number of nitrogens with one attached hydrogen (secondary N) is 1. The van der Waals surface area contributed by atoms with Crippen LogP contribution in [-0.4, -0.2) is 37.3 Å². The quantitative estimate of drug-likeness (QED) is 0.547. The number of aryl methyl sites for hydroxylation is 1. The van der Waals surface area contributed by atoms with E-state index >= 15 is 0 Å². The molecule has 0 fully saturated rings. The van der Waals surface area contributed by atoms with Gasteiger partial charge in [-0.1, -0.05) is 62.0 Å². The topological polar surface area (TPSA) is 84.2 Å². The average molecular weight is 426 g/mol. The minimum absolute atomic E-state index is 0.216. The van der Waals surface area contributed by atoms with Crippen LogP contribution < -0.4 is 5.32 Å². The standard InChI is InChI=1S/C23H27N3O3S/c1-14(2)19(20(27)28)25-21(29)23(4,5)30-22-24-13-15(3)26(22)18-12-8-10-16-9-6-7-11-17(16)18/h6-14,19H,1-5H3,(H,25,29)(H,27,28). The molecule has 7 heteroatoms. The lowest BCUT2D eigenvalue weighted by Crippen LogP contribution is -2.50. The van der Waals surface area contributed by atoms with Crippen LogP contribution in [0.3, 0.4) is 0 Å². The summed E-state index contributed by atoms with van der Waals surface area (Å²) in [6.07, 6.45) is 1.78. The SMILES string of the molecule is Cc1cnc(SC(C)(C)C(=O)NC(C(=O)O)C(C)C)n1-c1cccc2ccccc12. The van der Waals surface area contributed by atoms with Crippen LogP contribution in [0.5, 0.6) is 0 Å². The molecule has 1 unspecified atom stereocenters. The van der Waals surface area contributed by atoms with Gasteiger partial charge in [0.15, 0.2) is 5.16 Å². The van der Waals surface area contributed by atoms with Crippen LogP contribution in [0.15, 0.2) is 53.8 Å². The van der Waals surface area contributed by atoms with Gasteiger partial charge in [-0.15, -0.1) is 0 Å². The van der Waals surface area contributed by atoms with Gasteiger partial charge in [-0.2, -0.15) is 0 Å². The molecule has 3 rings (SSSR count). The molecule has 0 saturated carbocycles. The first-order valence-electron chi connectivity index (χ1n) is 9.87. The number of thioether (sulfide) groups is 1. The van der Waals surface area contributed by atoms with Crippen molar-refractivity contribution in [3.8, 4) is 5.69 Å². The predicted molar refractivity (Wildman–Crippen MR) is 120 cm³/mol. The Bertz CT molecular complexity index is 1080. The fourth-order valence-electron chi connectivity index (χ4n) is 3.29. The summed E-state index contributed by atoms with van der Waals surface area (Å²) in [7, 11) is 0. The Hall–Kier alpha value is -2.80. The summed E-state index contributed by atoms with van der Waals surface area (Å²) in [4.78, 5) is 29.0. The van der Waals surface area contributed by atoms with Crippen LogP contribution in [0.4, 0.5) is 0 Å². The normalized spacial score (nSPS) is 12.9. The fourth-order valence-corrected chi connectivity index (χ4v) is 4.33. The Labute approximate surface area is 180 Å². The highest BCUT2D eigenvalue weighted by Gasteiger charge is 2.35. The molecule has 6 nitrogen and oxygen atoms in total. The van der Waals surface area contributed by atoms with E-state index in [1.807, 2.05) is 35.8 Å². The summed E-state index contributed by atoms with van der Waals surface area (Å²) in [5.41, 5.74) is 1.95. The molecule has 0 aliphatic carbocycles. The maximum atomic E-state index is 12.9. The van der Waals surface area contributed by atoms with Crippen LogP contribution in [0.2, 0.25) is 0 Å². The van der Waals surface area contributed by atoms with Gasteiger partial charge in [0.1, 0.15) is 6.04 Å². The summed E-state index contributed by atoms with van der Waals surface area (Å²) in [6, 6.07) is 13.3. The lowest BCUT2D eigenvalue weighted by molar-refractivity contribution is -0.143. The second-order valence-electron chi connectivity index (χ2n) is 8.16. The number of benzene rings is 2. The van der Waals surface area contributed by atoms with Crippen molar-refractivity contribution < 1.29 is 14.7 Å². The molecule has 2 aromatic carbocycles. The van der Waals surface area contributed by atoms with E-state index in [0.717, 1.165) is 22.2 Å². The molecular formula is C23H27N3O3S. The third kappa shape index (κ3) is 4.36. The van der Waals surface area contributed by atoms with Crippen molar-refractivity contribution in [2.45, 2.75) is 50.6 Å². The van der Waals surface area contributed by atoms with E-state index in [4.69, 9.17) is 0 Å². The van der Waals surface area contributed by atoms with E-state index < -0.39 is 16.8 Å². The molecule has 0 aliphatic heterocycles. The second kappa shape index (κ2) is 8.52. The molecule has 30 heavy (non-hydrogen) atoms. The largest absolute Gasteiger partial charge is 0.480 e. The van der Waals surface area contributed by atoms with Crippen molar-refractivity contribution in [1.82, 2.24) is 14.9 Å². The Morgan fingerprint density at radius 3 is 2.47 bits per heavy atom. The third-order valence-electron chi connectivity index (χ3n) is 5.03. The zero-order valence-electron chi connectivity index (χ0n) is 17.8. The highest BCUT2D eigenvalue weighted by Crippen LogP contribution is 2.35. The number of carboxylic acids is 1. The minimum atomic E-state index is -1.03. The number of nitrogens with zero attached hydrogens (tertiary/aromatic N) is 2. The van der Waals surface area contributed by atoms with Crippen molar-refractivity contribution in [3.05, 3.63) is 54.4 Å². The molecule has 0 aliphatic rings. The molecule has 2 N–H and O–H groups in total. The number of imidazole rings is 1. The summed E-state index contributed by atoms with van der Waals surface area (Å²) in [5.74, 6) is -1.59. The molecule has 0 saturated heterocycles. The molecule has 3 aromatic rings. The lowest BCUT2D eigenvalue weighted by atomic mass is 10.0. The molecule has 0 spiro atoms. The number of aliphatic carboxylic acids is 1. The number of carbonyl (C=O) groups excluding carboxylic acids is 1. The summed E-state index contributed by atoms with van der Waals surface area (Å²) in [5, 5.41) is 15.0. The number of hydrogen-bond acceptors (Lipinski definition) is 4. The van der Waals surface area contributed by atoms with Gasteiger partial charge in [0, 0.05) is 17.3 Å². The lowest BCUT2D eigenvalue weighted by Gasteiger charge is -2.27. The summed E-state index contributed by atoms with van der Waals surface area (Å²) >= 11 is 1.32. The number of aromatic nitrogens is 2. The first-order valence-corrected chi connectivity index (χ1v) is 10.7. The molecule has 0 radical (unpaired) electrons. The van der Waals surface area contributed by atoms with Crippen LogP contribution in [0.1, 0.15) is 33.4 Å². The van der Waals surface area contributed by atoms with E-state index in [1.54, 1.807) is 33.9 Å². The molecule has 1 atom stereocenters. The van der Waals surface area contributed by atoms with Gasteiger partial charge < -0.3 is 10.4 Å². The van der Waals surface area contributed by atoms with Crippen molar-refractivity contribution in [2.24, 2.45) is 5.92 Å². The Morgan fingerprint density at radius 1 is 1.13 bits per heavy atom. The number of amides is 1. The van der Waals surface area contributed by atoms with Crippen LogP contribution in [0, 0.1) is 12.8 Å². The van der Waals surface area contributed by atoms with Crippen molar-refractivity contribution in [1.29, 1.82) is 0 Å². The third-order valence-corrected chi connectivity index (χ3v) is 6.19. The summed E-state index contributed by atoms with van der Waals surface area (Å²) < 4.78 is 1.13. The van der Waals surface area contributed by atoms with Gasteiger partial charge >= 0.3 is 5.97 Å². The molecule has 1 amide bonds. The maximum Gasteiger partial charge on any atom is 0.326 e. The fraction of sp³-hybridized carbons (Fsp3) is 0.348. The van der Waals surface area contributed by atoms with Gasteiger partial charge in [0.2, 0.25) is 5.91 Å². The first kappa shape index (κ1) is 21.9. The van der Waals surface area contributed by atoms with Gasteiger partial charge in [0.25, 0.3) is 0 Å². The van der Waals surface area contributed by atoms with Gasteiger partial charge in [-0.3, -0.25) is 9.36 Å². The van der Waals surface area contributed by atoms with E-state index in [2.05, 4.69) is 28.5 Å². The van der Waals surface area contributed by atoms with E-state index in [1.165, 1.54) is 11.8 Å². The number of rotatable bonds is 7. The van der Waals surface area contributed by atoms with E-state index in [9.17, 15) is 14.7 Å². The van der Waals surface area contributed by atoms with Gasteiger partial charge in [0.05, 0.1) is 10.4 Å². The predicted octanol–water partition coefficient (Wildman–Crippen LogP) is 4.43. The van der Waals surface area contributed by atoms with E-state index in [-0.39, 0.29) is 11.8 Å². The molecule has 0 bridgehead atoms. The number of carboxylic acid groups (broad SMARTS) is 1. The van der Waals surface area contributed by atoms with E-state index in [0.29, 0.717) is 5.16 Å². The van der Waals surface area contributed by atoms with Crippen LogP contribution in [-0.2, 0) is 9.59 Å². The average Bonchev–Trinajstić information content (AvgIpc) is 3.04. The number of hydrogen-bond donors (Lipinski definition) is 2. The van der Waals surface area contributed by atoms with Gasteiger partial charge in [-0.25, -0.2) is 9.78 Å². The van der Waals surface area contributed by atoms with Crippen molar-refractivity contribution in [2.75, 3.05) is 0 Å². The highest BCUT2D eigenvalue weighted by molar-refractivity contribution is 8.01. The first-order chi connectivity index (χ1) is 14.1. The molecular weight excluding hydrogens is 398 g/mol. The van der Waals surface area contributed by atoms with Crippen molar-refractivity contribution in [3.63, 3.8) is 0 Å². The molecule has 158 valence electrons. The number of fused-ring (bicyclic) bond motifs is 1. The zero-order chi connectivity index (χ0) is 22.1. The molecule has 1 aromatic heterocycles. The Balaban J connectivity index is 1.95. The van der Waals surface area contributed by atoms with Crippen LogP contribution >= 0.6 is 11.8 Å². The number of carbonyl (C=O) groups is 2. The molecule has 1 heterocycles. The minimum Gasteiger partial charge on any atom is -0.480 e. The second-order valence-corrected chi connectivity index (χ2v) is 9.75. The maximum absolute atomic E-state index is 12.9. The smallest absolute Gasteiger partial charge is 0.326 e.